The Morgan fingerprint density at radius 1 is 1.08 bits per heavy atom. The van der Waals surface area contributed by atoms with E-state index in [0.717, 1.165) is 24.7 Å². The summed E-state index contributed by atoms with van der Waals surface area (Å²) >= 11 is 0. The van der Waals surface area contributed by atoms with Gasteiger partial charge >= 0.3 is 0 Å². The highest BCUT2D eigenvalue weighted by molar-refractivity contribution is 4.87. The van der Waals surface area contributed by atoms with Crippen LogP contribution in [0.2, 0.25) is 0 Å². The van der Waals surface area contributed by atoms with Gasteiger partial charge in [0, 0.05) is 0 Å². The predicted molar refractivity (Wildman–Crippen MR) is 49.9 cm³/mol. The van der Waals surface area contributed by atoms with Gasteiger partial charge < -0.3 is 5.11 Å². The molecule has 1 atom stereocenters. The molecule has 0 aliphatic heterocycles. The van der Waals surface area contributed by atoms with Gasteiger partial charge in [-0.15, -0.1) is 0 Å². The first-order chi connectivity index (χ1) is 5.66. The smallest absolute Gasteiger partial charge is 0.0625 e. The second kappa shape index (κ2) is 3.02. The van der Waals surface area contributed by atoms with Crippen LogP contribution in [0.5, 0.6) is 0 Å². The molecule has 0 radical (unpaired) electrons. The number of aliphatic hydroxyl groups is 1. The average Bonchev–Trinajstić information content (AvgIpc) is 2.62. The van der Waals surface area contributed by atoms with Gasteiger partial charge in [0.05, 0.1) is 5.60 Å². The molecule has 2 aliphatic carbocycles. The standard InChI is InChI=1S/C11H20O/c1-11(12,8-10-5-6-10)7-9-3-2-4-9/h9-10,12H,2-8H2,1H3. The van der Waals surface area contributed by atoms with Crippen molar-refractivity contribution in [3.8, 4) is 0 Å². The molecule has 0 aromatic heterocycles. The zero-order valence-electron chi connectivity index (χ0n) is 8.05. The monoisotopic (exact) mass is 168 g/mol. The van der Waals surface area contributed by atoms with E-state index in [2.05, 4.69) is 0 Å². The molecule has 12 heavy (non-hydrogen) atoms. The van der Waals surface area contributed by atoms with E-state index < -0.39 is 0 Å². The second-order valence-electron chi connectivity index (χ2n) is 5.15. The fraction of sp³-hybridized carbons (Fsp3) is 1.00. The minimum atomic E-state index is -0.341. The Labute approximate surface area is 75.2 Å². The highest BCUT2D eigenvalue weighted by Crippen LogP contribution is 2.41. The van der Waals surface area contributed by atoms with Crippen molar-refractivity contribution in [2.24, 2.45) is 11.8 Å². The molecule has 0 aromatic rings. The van der Waals surface area contributed by atoms with Crippen LogP contribution in [-0.4, -0.2) is 10.7 Å². The number of hydrogen-bond donors (Lipinski definition) is 1. The molecule has 2 aliphatic rings. The average molecular weight is 168 g/mol. The fourth-order valence-corrected chi connectivity index (χ4v) is 2.35. The van der Waals surface area contributed by atoms with E-state index in [1.54, 1.807) is 0 Å². The third-order valence-electron chi connectivity index (χ3n) is 3.38. The maximum atomic E-state index is 10.1. The summed E-state index contributed by atoms with van der Waals surface area (Å²) in [5.74, 6) is 1.71. The quantitative estimate of drug-likeness (QED) is 0.684. The molecule has 0 bridgehead atoms. The number of rotatable bonds is 4. The Kier molecular flexibility index (Phi) is 2.16. The highest BCUT2D eigenvalue weighted by Gasteiger charge is 2.34. The van der Waals surface area contributed by atoms with Crippen LogP contribution in [0.1, 0.15) is 51.9 Å². The lowest BCUT2D eigenvalue weighted by Crippen LogP contribution is -2.30. The molecular formula is C11H20O. The maximum Gasteiger partial charge on any atom is 0.0625 e. The van der Waals surface area contributed by atoms with Crippen LogP contribution in [0.15, 0.2) is 0 Å². The van der Waals surface area contributed by atoms with Crippen molar-refractivity contribution in [2.45, 2.75) is 57.5 Å². The van der Waals surface area contributed by atoms with Gasteiger partial charge in [-0.3, -0.25) is 0 Å². The lowest BCUT2D eigenvalue weighted by molar-refractivity contribution is 0.00778. The molecule has 0 aromatic carbocycles. The van der Waals surface area contributed by atoms with E-state index >= 15 is 0 Å². The molecule has 2 fully saturated rings. The molecule has 1 N–H and O–H groups in total. The van der Waals surface area contributed by atoms with Crippen LogP contribution in [-0.2, 0) is 0 Å². The van der Waals surface area contributed by atoms with Gasteiger partial charge in [-0.1, -0.05) is 32.1 Å². The molecule has 1 nitrogen and oxygen atoms in total. The van der Waals surface area contributed by atoms with Crippen molar-refractivity contribution in [2.75, 3.05) is 0 Å². The van der Waals surface area contributed by atoms with E-state index in [9.17, 15) is 5.11 Å². The van der Waals surface area contributed by atoms with Crippen molar-refractivity contribution in [3.05, 3.63) is 0 Å². The van der Waals surface area contributed by atoms with Crippen molar-refractivity contribution in [1.29, 1.82) is 0 Å². The first-order valence-corrected chi connectivity index (χ1v) is 5.38. The highest BCUT2D eigenvalue weighted by atomic mass is 16.3. The van der Waals surface area contributed by atoms with E-state index in [1.165, 1.54) is 32.1 Å². The molecule has 2 rings (SSSR count). The van der Waals surface area contributed by atoms with E-state index in [0.29, 0.717) is 0 Å². The second-order valence-corrected chi connectivity index (χ2v) is 5.15. The van der Waals surface area contributed by atoms with Crippen LogP contribution in [0.3, 0.4) is 0 Å². The Hall–Kier alpha value is -0.0400. The fourth-order valence-electron chi connectivity index (χ4n) is 2.35. The minimum Gasteiger partial charge on any atom is -0.390 e. The predicted octanol–water partition coefficient (Wildman–Crippen LogP) is 2.73. The summed E-state index contributed by atoms with van der Waals surface area (Å²) in [6.07, 6.45) is 8.96. The first kappa shape index (κ1) is 8.55. The van der Waals surface area contributed by atoms with Crippen molar-refractivity contribution >= 4 is 0 Å². The summed E-state index contributed by atoms with van der Waals surface area (Å²) in [6.45, 7) is 2.03. The number of hydrogen-bond acceptors (Lipinski definition) is 1. The van der Waals surface area contributed by atoms with Gasteiger partial charge in [-0.25, -0.2) is 0 Å². The summed E-state index contributed by atoms with van der Waals surface area (Å²) in [6, 6.07) is 0. The first-order valence-electron chi connectivity index (χ1n) is 5.38. The zero-order chi connectivity index (χ0) is 8.60. The Morgan fingerprint density at radius 3 is 1.92 bits per heavy atom. The van der Waals surface area contributed by atoms with Gasteiger partial charge in [-0.2, -0.15) is 0 Å². The van der Waals surface area contributed by atoms with Crippen molar-refractivity contribution in [1.82, 2.24) is 0 Å². The van der Waals surface area contributed by atoms with Crippen LogP contribution >= 0.6 is 0 Å². The summed E-state index contributed by atoms with van der Waals surface area (Å²) in [4.78, 5) is 0. The van der Waals surface area contributed by atoms with Crippen LogP contribution < -0.4 is 0 Å². The van der Waals surface area contributed by atoms with Gasteiger partial charge in [0.1, 0.15) is 0 Å². The minimum absolute atomic E-state index is 0.341. The topological polar surface area (TPSA) is 20.2 Å². The maximum absolute atomic E-state index is 10.1. The molecule has 0 saturated heterocycles. The van der Waals surface area contributed by atoms with Gasteiger partial charge in [0.2, 0.25) is 0 Å². The molecular weight excluding hydrogens is 148 g/mol. The Balaban J connectivity index is 1.73. The van der Waals surface area contributed by atoms with Crippen molar-refractivity contribution in [3.63, 3.8) is 0 Å². The Morgan fingerprint density at radius 2 is 1.58 bits per heavy atom. The summed E-state index contributed by atoms with van der Waals surface area (Å²) < 4.78 is 0. The van der Waals surface area contributed by atoms with E-state index in [4.69, 9.17) is 0 Å². The molecule has 70 valence electrons. The molecule has 0 heterocycles. The summed E-state index contributed by atoms with van der Waals surface area (Å²) in [5.41, 5.74) is -0.341. The van der Waals surface area contributed by atoms with E-state index in [1.807, 2.05) is 6.92 Å². The van der Waals surface area contributed by atoms with Gasteiger partial charge in [0.25, 0.3) is 0 Å². The molecule has 0 amide bonds. The van der Waals surface area contributed by atoms with Crippen molar-refractivity contribution < 1.29 is 5.11 Å². The van der Waals surface area contributed by atoms with Crippen LogP contribution in [0, 0.1) is 11.8 Å². The molecule has 2 saturated carbocycles. The zero-order valence-corrected chi connectivity index (χ0v) is 8.05. The van der Waals surface area contributed by atoms with E-state index in [-0.39, 0.29) is 5.60 Å². The molecule has 0 spiro atoms. The lowest BCUT2D eigenvalue weighted by Gasteiger charge is -2.33. The molecule has 1 heteroatoms. The summed E-state index contributed by atoms with van der Waals surface area (Å²) in [7, 11) is 0. The SMILES string of the molecule is CC(O)(CC1CCC1)CC1CC1. The van der Waals surface area contributed by atoms with Gasteiger partial charge in [-0.05, 0) is 31.6 Å². The lowest BCUT2D eigenvalue weighted by atomic mass is 9.76. The normalized spacial score (nSPS) is 29.5. The molecule has 1 unspecified atom stereocenters. The Bertz CT molecular complexity index is 154. The van der Waals surface area contributed by atoms with Gasteiger partial charge in [0.15, 0.2) is 0 Å². The third kappa shape index (κ3) is 2.22. The largest absolute Gasteiger partial charge is 0.390 e. The van der Waals surface area contributed by atoms with Crippen LogP contribution in [0.4, 0.5) is 0 Å². The third-order valence-corrected chi connectivity index (χ3v) is 3.38. The summed E-state index contributed by atoms with van der Waals surface area (Å²) in [5, 5.41) is 10.1. The van der Waals surface area contributed by atoms with Crippen LogP contribution in [0.25, 0.3) is 0 Å².